The van der Waals surface area contributed by atoms with E-state index in [9.17, 15) is 9.59 Å². The molecule has 1 amide bonds. The molecule has 1 aromatic carbocycles. The molecule has 5 nitrogen and oxygen atoms in total. The van der Waals surface area contributed by atoms with Crippen molar-refractivity contribution in [2.75, 3.05) is 6.54 Å². The van der Waals surface area contributed by atoms with Crippen molar-refractivity contribution in [3.8, 4) is 0 Å². The van der Waals surface area contributed by atoms with Gasteiger partial charge in [-0.25, -0.2) is 0 Å². The predicted octanol–water partition coefficient (Wildman–Crippen LogP) is 2.80. The molecule has 0 bridgehead atoms. The van der Waals surface area contributed by atoms with Gasteiger partial charge < -0.3 is 14.5 Å². The minimum absolute atomic E-state index is 0.110. The van der Waals surface area contributed by atoms with Crippen LogP contribution in [0.3, 0.4) is 0 Å². The van der Waals surface area contributed by atoms with E-state index in [1.54, 1.807) is 6.26 Å². The summed E-state index contributed by atoms with van der Waals surface area (Å²) in [4.78, 5) is 24.0. The number of hydrogen-bond acceptors (Lipinski definition) is 4. The van der Waals surface area contributed by atoms with E-state index >= 15 is 0 Å². The summed E-state index contributed by atoms with van der Waals surface area (Å²) >= 11 is 0. The summed E-state index contributed by atoms with van der Waals surface area (Å²) in [6, 6.07) is 3.99. The van der Waals surface area contributed by atoms with Crippen molar-refractivity contribution in [1.29, 1.82) is 0 Å². The molecule has 2 heterocycles. The Kier molecular flexibility index (Phi) is 4.37. The fraction of sp³-hybridized carbons (Fsp3) is 0.444. The first-order valence-electron chi connectivity index (χ1n) is 7.99. The van der Waals surface area contributed by atoms with Crippen LogP contribution in [0.2, 0.25) is 0 Å². The lowest BCUT2D eigenvalue weighted by atomic mass is 10.0. The number of carbonyl (C=O) groups is 2. The number of rotatable bonds is 3. The Hall–Kier alpha value is -2.30. The van der Waals surface area contributed by atoms with Gasteiger partial charge in [-0.05, 0) is 56.4 Å². The van der Waals surface area contributed by atoms with E-state index in [2.05, 4.69) is 5.32 Å². The zero-order valence-electron chi connectivity index (χ0n) is 13.5. The second-order valence-corrected chi connectivity index (χ2v) is 6.14. The maximum absolute atomic E-state index is 12.2. The van der Waals surface area contributed by atoms with Gasteiger partial charge in [0, 0.05) is 17.5 Å². The number of amides is 1. The fourth-order valence-corrected chi connectivity index (χ4v) is 2.85. The number of furan rings is 1. The number of benzene rings is 1. The van der Waals surface area contributed by atoms with Crippen molar-refractivity contribution in [1.82, 2.24) is 5.32 Å². The molecule has 1 aliphatic heterocycles. The first kappa shape index (κ1) is 15.6. The molecule has 23 heavy (non-hydrogen) atoms. The highest BCUT2D eigenvalue weighted by Gasteiger charge is 2.25. The van der Waals surface area contributed by atoms with Gasteiger partial charge >= 0.3 is 5.97 Å². The molecule has 0 spiro atoms. The lowest BCUT2D eigenvalue weighted by Crippen LogP contribution is -2.36. The summed E-state index contributed by atoms with van der Waals surface area (Å²) in [5.41, 5.74) is 3.86. The fourth-order valence-electron chi connectivity index (χ4n) is 2.85. The number of ether oxygens (including phenoxy) is 1. The number of nitrogens with one attached hydrogen (secondary N) is 1. The Balaban J connectivity index is 1.72. The van der Waals surface area contributed by atoms with E-state index in [1.165, 1.54) is 0 Å². The molecule has 1 fully saturated rings. The van der Waals surface area contributed by atoms with Gasteiger partial charge in [-0.3, -0.25) is 9.59 Å². The molecular formula is C18H21NO4. The van der Waals surface area contributed by atoms with Crippen molar-refractivity contribution in [3.63, 3.8) is 0 Å². The third-order valence-electron chi connectivity index (χ3n) is 4.36. The Bertz CT molecular complexity index is 747. The third kappa shape index (κ3) is 3.38. The molecule has 1 aromatic heterocycles. The summed E-state index contributed by atoms with van der Waals surface area (Å²) in [6.45, 7) is 4.70. The largest absolute Gasteiger partial charge is 0.464 e. The predicted molar refractivity (Wildman–Crippen MR) is 86.1 cm³/mol. The minimum Gasteiger partial charge on any atom is -0.464 e. The average Bonchev–Trinajstić information content (AvgIpc) is 2.75. The van der Waals surface area contributed by atoms with E-state index in [4.69, 9.17) is 9.15 Å². The molecule has 2 aromatic rings. The molecule has 0 aliphatic carbocycles. The first-order chi connectivity index (χ1) is 11.0. The highest BCUT2D eigenvalue weighted by Crippen LogP contribution is 2.25. The van der Waals surface area contributed by atoms with E-state index < -0.39 is 12.1 Å². The molecule has 3 rings (SSSR count). The molecule has 1 saturated heterocycles. The lowest BCUT2D eigenvalue weighted by molar-refractivity contribution is -0.155. The molecule has 0 radical (unpaired) electrons. The van der Waals surface area contributed by atoms with E-state index in [-0.39, 0.29) is 12.3 Å². The van der Waals surface area contributed by atoms with Gasteiger partial charge in [0.2, 0.25) is 0 Å². The highest BCUT2D eigenvalue weighted by molar-refractivity contribution is 5.88. The van der Waals surface area contributed by atoms with Crippen LogP contribution in [-0.2, 0) is 20.7 Å². The zero-order valence-corrected chi connectivity index (χ0v) is 13.5. The van der Waals surface area contributed by atoms with E-state index in [0.717, 1.165) is 40.5 Å². The topological polar surface area (TPSA) is 68.5 Å². The van der Waals surface area contributed by atoms with Crippen LogP contribution in [0.15, 0.2) is 22.8 Å². The lowest BCUT2D eigenvalue weighted by Gasteiger charge is -2.14. The Morgan fingerprint density at radius 3 is 2.91 bits per heavy atom. The molecule has 1 unspecified atom stereocenters. The van der Waals surface area contributed by atoms with E-state index in [1.807, 2.05) is 26.0 Å². The molecule has 5 heteroatoms. The van der Waals surface area contributed by atoms with Crippen molar-refractivity contribution >= 4 is 22.8 Å². The van der Waals surface area contributed by atoms with Gasteiger partial charge in [0.15, 0.2) is 6.10 Å². The van der Waals surface area contributed by atoms with Gasteiger partial charge in [-0.1, -0.05) is 0 Å². The third-order valence-corrected chi connectivity index (χ3v) is 4.36. The molecular weight excluding hydrogens is 294 g/mol. The van der Waals surface area contributed by atoms with Crippen molar-refractivity contribution < 1.29 is 18.7 Å². The van der Waals surface area contributed by atoms with Crippen LogP contribution >= 0.6 is 0 Å². The number of hydrogen-bond donors (Lipinski definition) is 1. The molecule has 0 saturated carbocycles. The first-order valence-corrected chi connectivity index (χ1v) is 7.99. The molecule has 1 atom stereocenters. The number of carbonyl (C=O) groups excluding carboxylic acids is 2. The van der Waals surface area contributed by atoms with Crippen LogP contribution in [0.1, 0.15) is 36.0 Å². The maximum atomic E-state index is 12.2. The molecule has 1 N–H and O–H groups in total. The van der Waals surface area contributed by atoms with Crippen LogP contribution in [0.5, 0.6) is 0 Å². The van der Waals surface area contributed by atoms with Crippen molar-refractivity contribution in [2.24, 2.45) is 0 Å². The van der Waals surface area contributed by atoms with Crippen LogP contribution < -0.4 is 5.32 Å². The van der Waals surface area contributed by atoms with Crippen LogP contribution in [-0.4, -0.2) is 24.5 Å². The van der Waals surface area contributed by atoms with E-state index in [0.29, 0.717) is 13.0 Å². The SMILES string of the molecule is Cc1cc2occ(CC(=O)OC3CCCCNC3=O)c2cc1C. The molecule has 1 aliphatic rings. The molecule has 122 valence electrons. The Labute approximate surface area is 135 Å². The van der Waals surface area contributed by atoms with Crippen molar-refractivity contribution in [3.05, 3.63) is 35.1 Å². The number of aryl methyl sites for hydroxylation is 2. The van der Waals surface area contributed by atoms with Gasteiger partial charge in [-0.2, -0.15) is 0 Å². The summed E-state index contributed by atoms with van der Waals surface area (Å²) < 4.78 is 10.9. The second kappa shape index (κ2) is 6.44. The number of esters is 1. The highest BCUT2D eigenvalue weighted by atomic mass is 16.5. The Morgan fingerprint density at radius 1 is 1.30 bits per heavy atom. The maximum Gasteiger partial charge on any atom is 0.311 e. The smallest absolute Gasteiger partial charge is 0.311 e. The summed E-state index contributed by atoms with van der Waals surface area (Å²) in [5.74, 6) is -0.590. The summed E-state index contributed by atoms with van der Waals surface area (Å²) in [7, 11) is 0. The number of fused-ring (bicyclic) bond motifs is 1. The zero-order chi connectivity index (χ0) is 16.4. The van der Waals surface area contributed by atoms with Gasteiger partial charge in [-0.15, -0.1) is 0 Å². The van der Waals surface area contributed by atoms with Crippen LogP contribution in [0, 0.1) is 13.8 Å². The van der Waals surface area contributed by atoms with Gasteiger partial charge in [0.25, 0.3) is 5.91 Å². The standard InChI is InChI=1S/C18H21NO4/c1-11-7-14-13(10-22-16(14)8-12(11)2)9-17(20)23-15-5-3-4-6-19-18(15)21/h7-8,10,15H,3-6,9H2,1-2H3,(H,19,21). The van der Waals surface area contributed by atoms with Gasteiger partial charge in [0.05, 0.1) is 12.7 Å². The second-order valence-electron chi connectivity index (χ2n) is 6.14. The monoisotopic (exact) mass is 315 g/mol. The normalized spacial score (nSPS) is 18.5. The van der Waals surface area contributed by atoms with Crippen LogP contribution in [0.25, 0.3) is 11.0 Å². The minimum atomic E-state index is -0.674. The van der Waals surface area contributed by atoms with Crippen molar-refractivity contribution in [2.45, 2.75) is 45.6 Å². The quantitative estimate of drug-likeness (QED) is 0.884. The average molecular weight is 315 g/mol. The summed E-state index contributed by atoms with van der Waals surface area (Å²) in [5, 5.41) is 3.69. The van der Waals surface area contributed by atoms with Crippen LogP contribution in [0.4, 0.5) is 0 Å². The summed E-state index contributed by atoms with van der Waals surface area (Å²) in [6.07, 6.45) is 3.42. The van der Waals surface area contributed by atoms with Gasteiger partial charge in [0.1, 0.15) is 5.58 Å². The Morgan fingerprint density at radius 2 is 2.09 bits per heavy atom.